The summed E-state index contributed by atoms with van der Waals surface area (Å²) in [7, 11) is 3.17. The molecule has 7 nitrogen and oxygen atoms in total. The molecule has 1 unspecified atom stereocenters. The van der Waals surface area contributed by atoms with Crippen molar-refractivity contribution in [3.8, 4) is 11.5 Å². The average Bonchev–Trinajstić information content (AvgIpc) is 2.74. The van der Waals surface area contributed by atoms with Crippen LogP contribution in [-0.2, 0) is 0 Å². The van der Waals surface area contributed by atoms with Crippen LogP contribution in [0.1, 0.15) is 28.9 Å². The topological polar surface area (TPSA) is 85.4 Å². The van der Waals surface area contributed by atoms with Crippen LogP contribution in [0.5, 0.6) is 11.5 Å². The van der Waals surface area contributed by atoms with Crippen LogP contribution in [0.25, 0.3) is 0 Å². The van der Waals surface area contributed by atoms with Crippen LogP contribution in [0.4, 0.5) is 11.6 Å². The van der Waals surface area contributed by atoms with Gasteiger partial charge in [-0.3, -0.25) is 4.79 Å². The van der Waals surface area contributed by atoms with Gasteiger partial charge in [0, 0.05) is 18.5 Å². The molecule has 3 aromatic rings. The number of anilines is 2. The van der Waals surface area contributed by atoms with Gasteiger partial charge in [0.2, 0.25) is 5.95 Å². The molecule has 0 aliphatic heterocycles. The number of aromatic nitrogens is 2. The van der Waals surface area contributed by atoms with E-state index in [2.05, 4.69) is 20.6 Å². The zero-order valence-electron chi connectivity index (χ0n) is 16.0. The lowest BCUT2D eigenvalue weighted by molar-refractivity contribution is 0.0939. The number of hydrogen-bond acceptors (Lipinski definition) is 6. The Morgan fingerprint density at radius 1 is 1.00 bits per heavy atom. The van der Waals surface area contributed by atoms with Crippen molar-refractivity contribution < 1.29 is 14.3 Å². The third-order valence-electron chi connectivity index (χ3n) is 4.21. The third kappa shape index (κ3) is 4.56. The number of ether oxygens (including phenoxy) is 2. The minimum absolute atomic E-state index is 0.118. The van der Waals surface area contributed by atoms with E-state index >= 15 is 0 Å². The first-order valence-corrected chi connectivity index (χ1v) is 8.77. The molecule has 144 valence electrons. The lowest BCUT2D eigenvalue weighted by Crippen LogP contribution is -2.26. The average molecular weight is 378 g/mol. The van der Waals surface area contributed by atoms with Crippen molar-refractivity contribution in [1.29, 1.82) is 0 Å². The number of carbonyl (C=O) groups is 1. The first kappa shape index (κ1) is 19.2. The van der Waals surface area contributed by atoms with Crippen LogP contribution >= 0.6 is 0 Å². The summed E-state index contributed by atoms with van der Waals surface area (Å²) in [6.07, 6.45) is 2.96. The Hall–Kier alpha value is -3.61. The highest BCUT2D eigenvalue weighted by Crippen LogP contribution is 2.30. The fraction of sp³-hybridized carbons (Fsp3) is 0.190. The van der Waals surface area contributed by atoms with Crippen molar-refractivity contribution in [3.05, 3.63) is 72.1 Å². The van der Waals surface area contributed by atoms with Crippen molar-refractivity contribution in [3.63, 3.8) is 0 Å². The third-order valence-corrected chi connectivity index (χ3v) is 4.21. The molecule has 0 spiro atoms. The fourth-order valence-electron chi connectivity index (χ4n) is 2.65. The normalized spacial score (nSPS) is 11.4. The van der Waals surface area contributed by atoms with Crippen LogP contribution in [0.15, 0.2) is 60.9 Å². The second-order valence-electron chi connectivity index (χ2n) is 6.09. The summed E-state index contributed by atoms with van der Waals surface area (Å²) in [5, 5.41) is 6.01. The largest absolute Gasteiger partial charge is 0.497 e. The highest BCUT2D eigenvalue weighted by Gasteiger charge is 2.13. The van der Waals surface area contributed by atoms with Gasteiger partial charge < -0.3 is 20.1 Å². The lowest BCUT2D eigenvalue weighted by atomic mass is 10.1. The van der Waals surface area contributed by atoms with Gasteiger partial charge in [-0.1, -0.05) is 30.3 Å². The molecule has 1 atom stereocenters. The van der Waals surface area contributed by atoms with Crippen LogP contribution in [0.3, 0.4) is 0 Å². The number of methoxy groups -OCH3 is 2. The fourth-order valence-corrected chi connectivity index (χ4v) is 2.65. The standard InChI is InChI=1S/C21H22N4O3/c1-14(15-7-5-4-6-8-15)24-20(26)16-12-22-21(23-13-16)25-18-11-17(27-2)9-10-19(18)28-3/h4-14H,1-3H3,(H,24,26)(H,22,23,25). The Morgan fingerprint density at radius 2 is 1.71 bits per heavy atom. The molecule has 1 aromatic heterocycles. The highest BCUT2D eigenvalue weighted by molar-refractivity contribution is 5.94. The summed E-state index contributed by atoms with van der Waals surface area (Å²) < 4.78 is 10.6. The molecular formula is C21H22N4O3. The maximum atomic E-state index is 12.4. The molecule has 0 radical (unpaired) electrons. The van der Waals surface area contributed by atoms with E-state index in [1.54, 1.807) is 32.4 Å². The molecule has 0 saturated carbocycles. The first-order chi connectivity index (χ1) is 13.6. The number of carbonyl (C=O) groups excluding carboxylic acids is 1. The van der Waals surface area contributed by atoms with E-state index in [0.717, 1.165) is 5.56 Å². The Bertz CT molecular complexity index is 930. The van der Waals surface area contributed by atoms with E-state index in [0.29, 0.717) is 28.7 Å². The quantitative estimate of drug-likeness (QED) is 0.652. The van der Waals surface area contributed by atoms with Gasteiger partial charge in [-0.2, -0.15) is 0 Å². The summed E-state index contributed by atoms with van der Waals surface area (Å²) in [5.74, 6) is 1.41. The molecular weight excluding hydrogens is 356 g/mol. The Balaban J connectivity index is 1.69. The van der Waals surface area contributed by atoms with Crippen molar-refractivity contribution in [1.82, 2.24) is 15.3 Å². The van der Waals surface area contributed by atoms with Crippen molar-refractivity contribution >= 4 is 17.5 Å². The van der Waals surface area contributed by atoms with Gasteiger partial charge in [-0.15, -0.1) is 0 Å². The summed E-state index contributed by atoms with van der Waals surface area (Å²) in [4.78, 5) is 20.9. The number of rotatable bonds is 7. The van der Waals surface area contributed by atoms with Crippen molar-refractivity contribution in [2.24, 2.45) is 0 Å². The van der Waals surface area contributed by atoms with Crippen LogP contribution in [0, 0.1) is 0 Å². The number of hydrogen-bond donors (Lipinski definition) is 2. The predicted molar refractivity (Wildman–Crippen MR) is 107 cm³/mol. The molecule has 0 fully saturated rings. The first-order valence-electron chi connectivity index (χ1n) is 8.77. The van der Waals surface area contributed by atoms with Crippen molar-refractivity contribution in [2.45, 2.75) is 13.0 Å². The second-order valence-corrected chi connectivity index (χ2v) is 6.09. The van der Waals surface area contributed by atoms with Crippen LogP contribution in [-0.4, -0.2) is 30.1 Å². The van der Waals surface area contributed by atoms with Gasteiger partial charge >= 0.3 is 0 Å². The zero-order valence-corrected chi connectivity index (χ0v) is 16.0. The molecule has 28 heavy (non-hydrogen) atoms. The van der Waals surface area contributed by atoms with E-state index in [1.165, 1.54) is 12.4 Å². The van der Waals surface area contributed by atoms with E-state index < -0.39 is 0 Å². The summed E-state index contributed by atoms with van der Waals surface area (Å²) in [6, 6.07) is 15.0. The molecule has 0 saturated heterocycles. The molecule has 1 heterocycles. The molecule has 7 heteroatoms. The second kappa shape index (κ2) is 8.85. The highest BCUT2D eigenvalue weighted by atomic mass is 16.5. The van der Waals surface area contributed by atoms with E-state index in [-0.39, 0.29) is 11.9 Å². The van der Waals surface area contributed by atoms with Gasteiger partial charge in [0.25, 0.3) is 5.91 Å². The van der Waals surface area contributed by atoms with Crippen molar-refractivity contribution in [2.75, 3.05) is 19.5 Å². The summed E-state index contributed by atoms with van der Waals surface area (Å²) in [6.45, 7) is 1.93. The van der Waals surface area contributed by atoms with Gasteiger partial charge in [0.05, 0.1) is 31.5 Å². The van der Waals surface area contributed by atoms with Crippen LogP contribution in [0.2, 0.25) is 0 Å². The smallest absolute Gasteiger partial charge is 0.254 e. The molecule has 2 N–H and O–H groups in total. The summed E-state index contributed by atoms with van der Waals surface area (Å²) >= 11 is 0. The Labute approximate surface area is 163 Å². The predicted octanol–water partition coefficient (Wildman–Crippen LogP) is 3.73. The number of nitrogens with zero attached hydrogens (tertiary/aromatic N) is 2. The minimum Gasteiger partial charge on any atom is -0.497 e. The Morgan fingerprint density at radius 3 is 2.36 bits per heavy atom. The number of nitrogens with one attached hydrogen (secondary N) is 2. The SMILES string of the molecule is COc1ccc(OC)c(Nc2ncc(C(=O)NC(C)c3ccccc3)cn2)c1. The summed E-state index contributed by atoms with van der Waals surface area (Å²) in [5.41, 5.74) is 2.07. The van der Waals surface area contributed by atoms with E-state index in [4.69, 9.17) is 9.47 Å². The number of benzene rings is 2. The monoisotopic (exact) mass is 378 g/mol. The maximum absolute atomic E-state index is 12.4. The van der Waals surface area contributed by atoms with Gasteiger partial charge in [0.15, 0.2) is 0 Å². The Kier molecular flexibility index (Phi) is 6.06. The van der Waals surface area contributed by atoms with Gasteiger partial charge in [-0.25, -0.2) is 9.97 Å². The molecule has 1 amide bonds. The van der Waals surface area contributed by atoms with E-state index in [9.17, 15) is 4.79 Å². The van der Waals surface area contributed by atoms with Gasteiger partial charge in [-0.05, 0) is 24.6 Å². The van der Waals surface area contributed by atoms with E-state index in [1.807, 2.05) is 37.3 Å². The molecule has 0 bridgehead atoms. The minimum atomic E-state index is -0.234. The zero-order chi connectivity index (χ0) is 19.9. The van der Waals surface area contributed by atoms with Gasteiger partial charge in [0.1, 0.15) is 11.5 Å². The lowest BCUT2D eigenvalue weighted by Gasteiger charge is -2.14. The van der Waals surface area contributed by atoms with Crippen LogP contribution < -0.4 is 20.1 Å². The molecule has 2 aromatic carbocycles. The molecule has 0 aliphatic carbocycles. The molecule has 0 aliphatic rings. The number of amides is 1. The molecule has 3 rings (SSSR count). The maximum Gasteiger partial charge on any atom is 0.254 e.